The second kappa shape index (κ2) is 8.61. The Kier molecular flexibility index (Phi) is 5.90. The molecule has 0 saturated carbocycles. The molecule has 0 bridgehead atoms. The third-order valence-corrected chi connectivity index (χ3v) is 5.87. The molecule has 0 spiro atoms. The van der Waals surface area contributed by atoms with Crippen LogP contribution in [0.5, 0.6) is 0 Å². The molecule has 1 aliphatic rings. The molecule has 3 aromatic rings. The molecule has 0 radical (unpaired) electrons. The van der Waals surface area contributed by atoms with Gasteiger partial charge in [-0.1, -0.05) is 29.7 Å². The molecular weight excluding hydrogens is 416 g/mol. The number of hydrogen-bond donors (Lipinski definition) is 1. The van der Waals surface area contributed by atoms with Crippen molar-refractivity contribution in [1.82, 2.24) is 18.7 Å². The molecule has 1 fully saturated rings. The highest BCUT2D eigenvalue weighted by atomic mass is 35.5. The number of anilines is 1. The zero-order valence-corrected chi connectivity index (χ0v) is 18.4. The Labute approximate surface area is 184 Å². The lowest BCUT2D eigenvalue weighted by Crippen LogP contribution is -2.44. The van der Waals surface area contributed by atoms with Gasteiger partial charge in [0.05, 0.1) is 13.1 Å². The molecule has 9 heteroatoms. The average Bonchev–Trinajstić information content (AvgIpc) is 3.15. The summed E-state index contributed by atoms with van der Waals surface area (Å²) in [5.41, 5.74) is 6.91. The van der Waals surface area contributed by atoms with Gasteiger partial charge in [-0.15, -0.1) is 5.92 Å². The first-order chi connectivity index (χ1) is 14.9. The van der Waals surface area contributed by atoms with Crippen molar-refractivity contribution in [2.24, 2.45) is 12.8 Å². The number of aryl methyl sites for hydroxylation is 1. The predicted molar refractivity (Wildman–Crippen MR) is 123 cm³/mol. The number of fused-ring (bicyclic) bond motifs is 1. The minimum atomic E-state index is -0.416. The molecule has 2 N–H and O–H groups in total. The van der Waals surface area contributed by atoms with Crippen molar-refractivity contribution in [3.63, 3.8) is 0 Å². The zero-order valence-electron chi connectivity index (χ0n) is 17.6. The summed E-state index contributed by atoms with van der Waals surface area (Å²) in [5.74, 6) is 6.55. The molecule has 8 nitrogen and oxygen atoms in total. The van der Waals surface area contributed by atoms with E-state index in [2.05, 4.69) is 16.7 Å². The van der Waals surface area contributed by atoms with Crippen molar-refractivity contribution < 1.29 is 0 Å². The van der Waals surface area contributed by atoms with Gasteiger partial charge in [0.1, 0.15) is 0 Å². The Bertz CT molecular complexity index is 1290. The number of hydrogen-bond acceptors (Lipinski definition) is 5. The van der Waals surface area contributed by atoms with Gasteiger partial charge in [-0.05, 0) is 37.5 Å². The van der Waals surface area contributed by atoms with Gasteiger partial charge in [0.25, 0.3) is 5.56 Å². The van der Waals surface area contributed by atoms with E-state index in [1.54, 1.807) is 38.2 Å². The van der Waals surface area contributed by atoms with E-state index < -0.39 is 5.69 Å². The number of benzene rings is 1. The highest BCUT2D eigenvalue weighted by Crippen LogP contribution is 2.23. The van der Waals surface area contributed by atoms with Crippen LogP contribution in [0.15, 0.2) is 33.9 Å². The second-order valence-electron chi connectivity index (χ2n) is 7.80. The number of halogens is 1. The van der Waals surface area contributed by atoms with Gasteiger partial charge in [0, 0.05) is 31.2 Å². The topological polar surface area (TPSA) is 91.1 Å². The normalized spacial score (nSPS) is 16.4. The summed E-state index contributed by atoms with van der Waals surface area (Å²) in [6, 6.07) is 7.13. The van der Waals surface area contributed by atoms with Crippen LogP contribution in [-0.2, 0) is 20.1 Å². The van der Waals surface area contributed by atoms with Crippen LogP contribution in [0.2, 0.25) is 5.02 Å². The summed E-state index contributed by atoms with van der Waals surface area (Å²) in [5, 5.41) is 0.597. The quantitative estimate of drug-likeness (QED) is 0.621. The number of aromatic nitrogens is 4. The van der Waals surface area contributed by atoms with Crippen molar-refractivity contribution in [3.05, 3.63) is 55.7 Å². The van der Waals surface area contributed by atoms with Gasteiger partial charge in [-0.2, -0.15) is 4.98 Å². The molecule has 1 aromatic carbocycles. The molecule has 1 saturated heterocycles. The summed E-state index contributed by atoms with van der Waals surface area (Å²) in [7, 11) is 1.64. The molecule has 31 heavy (non-hydrogen) atoms. The van der Waals surface area contributed by atoms with E-state index in [0.717, 1.165) is 24.9 Å². The molecule has 0 amide bonds. The lowest BCUT2D eigenvalue weighted by Gasteiger charge is -2.31. The maximum Gasteiger partial charge on any atom is 0.332 e. The van der Waals surface area contributed by atoms with Gasteiger partial charge >= 0.3 is 5.69 Å². The molecule has 1 aliphatic heterocycles. The van der Waals surface area contributed by atoms with E-state index in [-0.39, 0.29) is 18.1 Å². The van der Waals surface area contributed by atoms with E-state index in [0.29, 0.717) is 35.2 Å². The van der Waals surface area contributed by atoms with Crippen molar-refractivity contribution in [2.75, 3.05) is 18.0 Å². The smallest absolute Gasteiger partial charge is 0.332 e. The molecular formula is C22H25ClN6O2. The molecule has 1 atom stereocenters. The van der Waals surface area contributed by atoms with Crippen LogP contribution < -0.4 is 21.9 Å². The highest BCUT2D eigenvalue weighted by Gasteiger charge is 2.26. The molecule has 4 rings (SSSR count). The van der Waals surface area contributed by atoms with Gasteiger partial charge in [-0.3, -0.25) is 18.5 Å². The Morgan fingerprint density at radius 1 is 1.23 bits per heavy atom. The van der Waals surface area contributed by atoms with Gasteiger partial charge in [0.2, 0.25) is 5.95 Å². The van der Waals surface area contributed by atoms with Crippen LogP contribution >= 0.6 is 11.6 Å². The Morgan fingerprint density at radius 3 is 2.65 bits per heavy atom. The summed E-state index contributed by atoms with van der Waals surface area (Å²) >= 11 is 5.96. The van der Waals surface area contributed by atoms with E-state index >= 15 is 0 Å². The van der Waals surface area contributed by atoms with Gasteiger partial charge < -0.3 is 10.6 Å². The number of imidazole rings is 1. The van der Waals surface area contributed by atoms with Crippen LogP contribution in [0.4, 0.5) is 5.95 Å². The number of rotatable bonds is 4. The fraction of sp³-hybridized carbons (Fsp3) is 0.409. The van der Waals surface area contributed by atoms with Crippen molar-refractivity contribution >= 4 is 28.7 Å². The van der Waals surface area contributed by atoms with Crippen molar-refractivity contribution in [2.45, 2.75) is 38.9 Å². The molecule has 3 heterocycles. The minimum Gasteiger partial charge on any atom is -0.341 e. The maximum atomic E-state index is 13.5. The number of nitrogens with zero attached hydrogens (tertiary/aromatic N) is 5. The molecule has 0 unspecified atom stereocenters. The average molecular weight is 441 g/mol. The summed E-state index contributed by atoms with van der Waals surface area (Å²) in [6.07, 6.45) is 1.90. The second-order valence-corrected chi connectivity index (χ2v) is 8.24. The standard InChI is InChI=1S/C22H25ClN6O2/c1-3-4-12-28-18-19(25-21(28)27-11-5-6-17(24)14-27)26(2)22(31)29(20(18)30)13-15-7-9-16(23)10-8-15/h7-10,17H,5-6,11-14,24H2,1-2H3/t17-/m1/s1. The Hall–Kier alpha value is -3.02. The summed E-state index contributed by atoms with van der Waals surface area (Å²) in [6.45, 7) is 3.65. The van der Waals surface area contributed by atoms with E-state index in [1.807, 2.05) is 4.57 Å². The largest absolute Gasteiger partial charge is 0.341 e. The first-order valence-corrected chi connectivity index (χ1v) is 10.6. The SMILES string of the molecule is CC#CCn1c(N2CCC[C@@H](N)C2)nc2c1c(=O)n(Cc1ccc(Cl)cc1)c(=O)n2C. The van der Waals surface area contributed by atoms with E-state index in [1.165, 1.54) is 9.13 Å². The van der Waals surface area contributed by atoms with Gasteiger partial charge in [0.15, 0.2) is 11.2 Å². The van der Waals surface area contributed by atoms with Crippen LogP contribution in [0.1, 0.15) is 25.3 Å². The lowest BCUT2D eigenvalue weighted by atomic mass is 10.1. The molecule has 162 valence electrons. The lowest BCUT2D eigenvalue weighted by molar-refractivity contribution is 0.496. The van der Waals surface area contributed by atoms with Gasteiger partial charge in [-0.25, -0.2) is 4.79 Å². The Morgan fingerprint density at radius 2 is 1.97 bits per heavy atom. The third kappa shape index (κ3) is 3.99. The highest BCUT2D eigenvalue weighted by molar-refractivity contribution is 6.30. The predicted octanol–water partition coefficient (Wildman–Crippen LogP) is 1.55. The van der Waals surface area contributed by atoms with Crippen molar-refractivity contribution in [1.29, 1.82) is 0 Å². The minimum absolute atomic E-state index is 0.0460. The first-order valence-electron chi connectivity index (χ1n) is 10.3. The summed E-state index contributed by atoms with van der Waals surface area (Å²) < 4.78 is 4.47. The van der Waals surface area contributed by atoms with E-state index in [9.17, 15) is 9.59 Å². The van der Waals surface area contributed by atoms with Crippen LogP contribution in [-0.4, -0.2) is 37.8 Å². The van der Waals surface area contributed by atoms with Crippen LogP contribution in [0.25, 0.3) is 11.2 Å². The first kappa shape index (κ1) is 21.2. The number of piperidine rings is 1. The Balaban J connectivity index is 1.91. The zero-order chi connectivity index (χ0) is 22.1. The van der Waals surface area contributed by atoms with Crippen molar-refractivity contribution in [3.8, 4) is 11.8 Å². The third-order valence-electron chi connectivity index (χ3n) is 5.62. The van der Waals surface area contributed by atoms with Crippen LogP contribution in [0, 0.1) is 11.8 Å². The maximum absolute atomic E-state index is 13.5. The fourth-order valence-corrected chi connectivity index (χ4v) is 4.14. The molecule has 0 aliphatic carbocycles. The van der Waals surface area contributed by atoms with E-state index in [4.69, 9.17) is 22.3 Å². The monoisotopic (exact) mass is 440 g/mol. The number of nitrogens with two attached hydrogens (primary N) is 1. The fourth-order valence-electron chi connectivity index (χ4n) is 4.01. The van der Waals surface area contributed by atoms with Crippen LogP contribution in [0.3, 0.4) is 0 Å². The summed E-state index contributed by atoms with van der Waals surface area (Å²) in [4.78, 5) is 33.3. The molecule has 2 aromatic heterocycles.